The third-order valence-corrected chi connectivity index (χ3v) is 3.08. The summed E-state index contributed by atoms with van der Waals surface area (Å²) in [6.45, 7) is -0.150. The number of benzene rings is 1. The smallest absolute Gasteiger partial charge is 0.390 e. The number of carbonyl (C=O) groups excluding carboxylic acids is 1. The van der Waals surface area contributed by atoms with Crippen LogP contribution in [0.1, 0.15) is 10.4 Å². The molecule has 0 spiro atoms. The van der Waals surface area contributed by atoms with Crippen molar-refractivity contribution in [2.45, 2.75) is 6.54 Å². The van der Waals surface area contributed by atoms with Crippen LogP contribution in [0.3, 0.4) is 0 Å². The Morgan fingerprint density at radius 2 is 2.05 bits per heavy atom. The molecule has 0 unspecified atom stereocenters. The molecule has 0 aliphatic heterocycles. The van der Waals surface area contributed by atoms with Gasteiger partial charge in [-0.2, -0.15) is 4.68 Å². The van der Waals surface area contributed by atoms with Crippen LogP contribution in [0, 0.1) is 10.1 Å². The molecule has 0 saturated carbocycles. The molecule has 1 aromatic carbocycles. The summed E-state index contributed by atoms with van der Waals surface area (Å²) in [5.41, 5.74) is 0.439. The highest BCUT2D eigenvalue weighted by atomic mass is 79.9. The Kier molecular flexibility index (Phi) is 3.91. The summed E-state index contributed by atoms with van der Waals surface area (Å²) in [5.74, 6) is -0.812. The maximum Gasteiger partial charge on any atom is 0.492 e. The lowest BCUT2D eigenvalue weighted by Gasteiger charge is -1.99. The molecule has 1 heterocycles. The van der Waals surface area contributed by atoms with Gasteiger partial charge in [0.25, 0.3) is 4.73 Å². The van der Waals surface area contributed by atoms with Gasteiger partial charge in [-0.15, -0.1) is 0 Å². The lowest BCUT2D eigenvalue weighted by atomic mass is 10.1. The molecular formula is C10H6BrClN4O3. The molecule has 2 aromatic rings. The van der Waals surface area contributed by atoms with E-state index in [9.17, 15) is 14.9 Å². The predicted octanol–water partition coefficient (Wildman–Crippen LogP) is 2.49. The van der Waals surface area contributed by atoms with Gasteiger partial charge in [0.05, 0.1) is 0 Å². The van der Waals surface area contributed by atoms with Gasteiger partial charge in [-0.3, -0.25) is 4.79 Å². The molecule has 2 rings (SSSR count). The fraction of sp³-hybridized carbons (Fsp3) is 0.100. The molecule has 0 atom stereocenters. The molecule has 98 valence electrons. The van der Waals surface area contributed by atoms with Crippen LogP contribution < -0.4 is 0 Å². The van der Waals surface area contributed by atoms with Gasteiger partial charge in [-0.05, 0) is 34.2 Å². The van der Waals surface area contributed by atoms with E-state index in [1.54, 1.807) is 24.3 Å². The first-order valence-electron chi connectivity index (χ1n) is 5.01. The zero-order valence-corrected chi connectivity index (χ0v) is 11.6. The number of ketones is 1. The highest BCUT2D eigenvalue weighted by Gasteiger charge is 2.21. The van der Waals surface area contributed by atoms with Crippen molar-refractivity contribution in [2.24, 2.45) is 0 Å². The van der Waals surface area contributed by atoms with E-state index < -0.39 is 10.9 Å². The normalized spacial score (nSPS) is 10.4. The molecule has 7 nitrogen and oxygen atoms in total. The summed E-state index contributed by atoms with van der Waals surface area (Å²) >= 11 is 8.73. The number of aromatic nitrogens is 3. The van der Waals surface area contributed by atoms with Crippen molar-refractivity contribution >= 4 is 39.3 Å². The van der Waals surface area contributed by atoms with Gasteiger partial charge in [-0.25, -0.2) is 0 Å². The second kappa shape index (κ2) is 5.45. The fourth-order valence-corrected chi connectivity index (χ4v) is 1.84. The summed E-state index contributed by atoms with van der Waals surface area (Å²) in [6.07, 6.45) is 0. The van der Waals surface area contributed by atoms with E-state index in [4.69, 9.17) is 11.6 Å². The second-order valence-corrected chi connectivity index (χ2v) is 4.67. The number of rotatable bonds is 4. The van der Waals surface area contributed by atoms with Gasteiger partial charge in [-0.1, -0.05) is 11.6 Å². The largest absolute Gasteiger partial charge is 0.492 e. The maximum atomic E-state index is 11.9. The maximum absolute atomic E-state index is 11.9. The topological polar surface area (TPSA) is 90.9 Å². The van der Waals surface area contributed by atoms with E-state index in [-0.39, 0.29) is 17.1 Å². The number of carbonyl (C=O) groups is 1. The van der Waals surface area contributed by atoms with Crippen molar-refractivity contribution in [3.05, 3.63) is 49.7 Å². The Hall–Kier alpha value is -1.80. The zero-order chi connectivity index (χ0) is 14.0. The number of Topliss-reactive ketones (excluding diaryl/α,β-unsaturated/α-hetero) is 1. The number of nitrogens with zero attached hydrogens (tertiary/aromatic N) is 4. The number of nitro groups is 1. The molecule has 19 heavy (non-hydrogen) atoms. The van der Waals surface area contributed by atoms with Crippen LogP contribution in [0.25, 0.3) is 0 Å². The SMILES string of the molecule is O=C(Cn1nc([N+](=O)[O-])nc1Br)c1ccc(Cl)cc1. The average Bonchev–Trinajstić information content (AvgIpc) is 2.72. The molecular weight excluding hydrogens is 339 g/mol. The van der Waals surface area contributed by atoms with Crippen LogP contribution >= 0.6 is 27.5 Å². The monoisotopic (exact) mass is 344 g/mol. The van der Waals surface area contributed by atoms with Gasteiger partial charge >= 0.3 is 5.95 Å². The van der Waals surface area contributed by atoms with Crippen molar-refractivity contribution in [1.82, 2.24) is 14.8 Å². The average molecular weight is 346 g/mol. The van der Waals surface area contributed by atoms with Crippen molar-refractivity contribution in [2.75, 3.05) is 0 Å². The molecule has 0 aliphatic rings. The third-order valence-electron chi connectivity index (χ3n) is 2.24. The first-order chi connectivity index (χ1) is 8.97. The van der Waals surface area contributed by atoms with Gasteiger partial charge in [0.15, 0.2) is 5.78 Å². The number of hydrogen-bond acceptors (Lipinski definition) is 5. The van der Waals surface area contributed by atoms with Crippen LogP contribution in [0.2, 0.25) is 5.02 Å². The van der Waals surface area contributed by atoms with Crippen molar-refractivity contribution in [1.29, 1.82) is 0 Å². The van der Waals surface area contributed by atoms with E-state index in [0.717, 1.165) is 4.68 Å². The van der Waals surface area contributed by atoms with Crippen molar-refractivity contribution in [3.8, 4) is 0 Å². The Labute approximate surface area is 120 Å². The first-order valence-corrected chi connectivity index (χ1v) is 6.18. The quantitative estimate of drug-likeness (QED) is 0.482. The van der Waals surface area contributed by atoms with Crippen LogP contribution in [0.4, 0.5) is 5.95 Å². The molecule has 0 saturated heterocycles. The Balaban J connectivity index is 2.19. The molecule has 0 aliphatic carbocycles. The van der Waals surface area contributed by atoms with Crippen LogP contribution in [-0.2, 0) is 6.54 Å². The minimum Gasteiger partial charge on any atom is -0.390 e. The highest BCUT2D eigenvalue weighted by Crippen LogP contribution is 2.14. The van der Waals surface area contributed by atoms with Crippen molar-refractivity contribution < 1.29 is 9.72 Å². The van der Waals surface area contributed by atoms with E-state index in [0.29, 0.717) is 10.6 Å². The van der Waals surface area contributed by atoms with Gasteiger partial charge in [0.1, 0.15) is 6.54 Å². The van der Waals surface area contributed by atoms with Gasteiger partial charge in [0.2, 0.25) is 0 Å². The van der Waals surface area contributed by atoms with Crippen LogP contribution in [-0.4, -0.2) is 25.5 Å². The summed E-state index contributed by atoms with van der Waals surface area (Å²) in [7, 11) is 0. The van der Waals surface area contributed by atoms with E-state index in [1.165, 1.54) is 0 Å². The van der Waals surface area contributed by atoms with E-state index in [1.807, 2.05) is 0 Å². The lowest BCUT2D eigenvalue weighted by Crippen LogP contribution is -2.12. The van der Waals surface area contributed by atoms with Crippen LogP contribution in [0.5, 0.6) is 0 Å². The zero-order valence-electron chi connectivity index (χ0n) is 9.29. The Morgan fingerprint density at radius 1 is 1.42 bits per heavy atom. The Bertz CT molecular complexity index is 641. The summed E-state index contributed by atoms with van der Waals surface area (Å²) in [5, 5.41) is 14.6. The molecule has 0 amide bonds. The minimum atomic E-state index is -0.728. The van der Waals surface area contributed by atoms with Crippen LogP contribution in [0.15, 0.2) is 29.0 Å². The molecule has 0 N–H and O–H groups in total. The lowest BCUT2D eigenvalue weighted by molar-refractivity contribution is -0.394. The van der Waals surface area contributed by atoms with Crippen molar-refractivity contribution in [3.63, 3.8) is 0 Å². The summed E-state index contributed by atoms with van der Waals surface area (Å²) in [4.78, 5) is 25.3. The molecule has 0 bridgehead atoms. The molecule has 0 fully saturated rings. The summed E-state index contributed by atoms with van der Waals surface area (Å²) < 4.78 is 1.25. The third kappa shape index (κ3) is 3.15. The molecule has 0 radical (unpaired) electrons. The Morgan fingerprint density at radius 3 is 2.58 bits per heavy atom. The first kappa shape index (κ1) is 13.6. The molecule has 1 aromatic heterocycles. The van der Waals surface area contributed by atoms with Gasteiger partial charge < -0.3 is 10.1 Å². The summed E-state index contributed by atoms with van der Waals surface area (Å²) in [6, 6.07) is 6.33. The minimum absolute atomic E-state index is 0.126. The highest BCUT2D eigenvalue weighted by molar-refractivity contribution is 9.10. The van der Waals surface area contributed by atoms with E-state index >= 15 is 0 Å². The predicted molar refractivity (Wildman–Crippen MR) is 70.2 cm³/mol. The second-order valence-electron chi connectivity index (χ2n) is 3.53. The molecule has 9 heteroatoms. The number of hydrogen-bond donors (Lipinski definition) is 0. The standard InChI is InChI=1S/C10H6BrClN4O3/c11-9-13-10(16(18)19)14-15(9)5-8(17)6-1-3-7(12)4-2-6/h1-4H,5H2. The van der Waals surface area contributed by atoms with E-state index in [2.05, 4.69) is 26.0 Å². The number of halogens is 2. The van der Waals surface area contributed by atoms with Gasteiger partial charge in [0, 0.05) is 31.6 Å². The fourth-order valence-electron chi connectivity index (χ4n) is 1.35.